The summed E-state index contributed by atoms with van der Waals surface area (Å²) in [6.07, 6.45) is 12.9. The number of aromatic nitrogens is 2. The van der Waals surface area contributed by atoms with Crippen LogP contribution in [0.3, 0.4) is 0 Å². The molecule has 3 heteroatoms. The molecular weight excluding hydrogens is 258 g/mol. The van der Waals surface area contributed by atoms with E-state index in [1.807, 2.05) is 0 Å². The van der Waals surface area contributed by atoms with E-state index in [-0.39, 0.29) is 0 Å². The fourth-order valence-electron chi connectivity index (χ4n) is 3.77. The van der Waals surface area contributed by atoms with E-state index in [2.05, 4.69) is 12.2 Å². The molecule has 2 heterocycles. The predicted octanol–water partition coefficient (Wildman–Crippen LogP) is 3.90. The Morgan fingerprint density at radius 1 is 1.05 bits per heavy atom. The maximum Gasteiger partial charge on any atom is 0.131 e. The second-order valence-corrected chi connectivity index (χ2v) is 6.67. The van der Waals surface area contributed by atoms with Crippen molar-refractivity contribution in [1.29, 1.82) is 0 Å². The van der Waals surface area contributed by atoms with Gasteiger partial charge in [-0.1, -0.05) is 45.4 Å². The van der Waals surface area contributed by atoms with Crippen LogP contribution in [0.4, 0.5) is 0 Å². The van der Waals surface area contributed by atoms with Crippen molar-refractivity contribution < 1.29 is 0 Å². The third kappa shape index (κ3) is 3.63. The minimum Gasteiger partial charge on any atom is -0.312 e. The summed E-state index contributed by atoms with van der Waals surface area (Å²) in [4.78, 5) is 10.0. The summed E-state index contributed by atoms with van der Waals surface area (Å²) in [5, 5.41) is 3.48. The molecule has 0 atom stereocenters. The average molecular weight is 287 g/mol. The van der Waals surface area contributed by atoms with Crippen molar-refractivity contribution in [2.24, 2.45) is 0 Å². The van der Waals surface area contributed by atoms with Gasteiger partial charge in [-0.05, 0) is 19.3 Å². The van der Waals surface area contributed by atoms with Crippen LogP contribution in [-0.4, -0.2) is 16.5 Å². The number of nitrogens with one attached hydrogen (secondary N) is 1. The molecule has 1 fully saturated rings. The first-order chi connectivity index (χ1) is 10.4. The van der Waals surface area contributed by atoms with Crippen molar-refractivity contribution in [3.63, 3.8) is 0 Å². The summed E-state index contributed by atoms with van der Waals surface area (Å²) in [5.74, 6) is 1.78. The Hall–Kier alpha value is -0.960. The molecule has 3 rings (SSSR count). The summed E-state index contributed by atoms with van der Waals surface area (Å²) in [6.45, 7) is 4.29. The smallest absolute Gasteiger partial charge is 0.131 e. The first-order valence-corrected chi connectivity index (χ1v) is 8.97. The number of aryl methyl sites for hydroxylation is 1. The number of nitrogens with zero attached hydrogens (tertiary/aromatic N) is 2. The highest BCUT2D eigenvalue weighted by Crippen LogP contribution is 2.30. The Morgan fingerprint density at radius 2 is 1.81 bits per heavy atom. The van der Waals surface area contributed by atoms with E-state index in [9.17, 15) is 0 Å². The van der Waals surface area contributed by atoms with E-state index in [0.29, 0.717) is 5.92 Å². The van der Waals surface area contributed by atoms with Crippen molar-refractivity contribution in [2.75, 3.05) is 6.54 Å². The van der Waals surface area contributed by atoms with E-state index in [0.717, 1.165) is 25.9 Å². The molecule has 2 aliphatic rings. The summed E-state index contributed by atoms with van der Waals surface area (Å²) in [7, 11) is 0. The Balaban J connectivity index is 1.88. The van der Waals surface area contributed by atoms with Gasteiger partial charge in [-0.15, -0.1) is 0 Å². The predicted molar refractivity (Wildman–Crippen MR) is 86.5 cm³/mol. The van der Waals surface area contributed by atoms with Gasteiger partial charge >= 0.3 is 0 Å². The molecule has 21 heavy (non-hydrogen) atoms. The van der Waals surface area contributed by atoms with Crippen LogP contribution in [0.25, 0.3) is 0 Å². The van der Waals surface area contributed by atoms with Crippen LogP contribution in [0.1, 0.15) is 87.0 Å². The van der Waals surface area contributed by atoms with Crippen LogP contribution in [0.5, 0.6) is 0 Å². The lowest BCUT2D eigenvalue weighted by Crippen LogP contribution is -2.27. The highest BCUT2D eigenvalue weighted by Gasteiger charge is 2.22. The molecule has 0 bridgehead atoms. The van der Waals surface area contributed by atoms with Crippen molar-refractivity contribution in [2.45, 2.75) is 83.6 Å². The molecule has 1 saturated carbocycles. The van der Waals surface area contributed by atoms with Crippen molar-refractivity contribution >= 4 is 0 Å². The molecule has 0 amide bonds. The van der Waals surface area contributed by atoms with Crippen molar-refractivity contribution in [3.8, 4) is 0 Å². The van der Waals surface area contributed by atoms with Gasteiger partial charge in [-0.3, -0.25) is 0 Å². The fourth-order valence-corrected chi connectivity index (χ4v) is 3.77. The molecule has 0 saturated heterocycles. The maximum atomic E-state index is 5.02. The third-order valence-corrected chi connectivity index (χ3v) is 4.99. The van der Waals surface area contributed by atoms with Crippen LogP contribution in [0.2, 0.25) is 0 Å². The first-order valence-electron chi connectivity index (χ1n) is 8.97. The highest BCUT2D eigenvalue weighted by atomic mass is 15.0. The molecule has 0 spiro atoms. The van der Waals surface area contributed by atoms with Crippen molar-refractivity contribution in [3.05, 3.63) is 22.8 Å². The maximum absolute atomic E-state index is 5.02. The highest BCUT2D eigenvalue weighted by molar-refractivity contribution is 5.29. The molecule has 0 aromatic carbocycles. The second-order valence-electron chi connectivity index (χ2n) is 6.67. The topological polar surface area (TPSA) is 37.8 Å². The Kier molecular flexibility index (Phi) is 5.23. The Morgan fingerprint density at radius 3 is 2.57 bits per heavy atom. The van der Waals surface area contributed by atoms with Gasteiger partial charge in [-0.25, -0.2) is 9.97 Å². The number of fused-ring (bicyclic) bond motifs is 1. The van der Waals surface area contributed by atoms with E-state index in [4.69, 9.17) is 9.97 Å². The number of hydrogen-bond donors (Lipinski definition) is 1. The van der Waals surface area contributed by atoms with E-state index in [1.54, 1.807) is 0 Å². The lowest BCUT2D eigenvalue weighted by atomic mass is 9.90. The van der Waals surface area contributed by atoms with Crippen molar-refractivity contribution in [1.82, 2.24) is 15.3 Å². The van der Waals surface area contributed by atoms with Crippen LogP contribution in [0.15, 0.2) is 0 Å². The van der Waals surface area contributed by atoms with Crippen LogP contribution >= 0.6 is 0 Å². The molecule has 1 aliphatic heterocycles. The zero-order chi connectivity index (χ0) is 14.5. The second kappa shape index (κ2) is 7.35. The molecule has 1 aromatic heterocycles. The zero-order valence-electron chi connectivity index (χ0n) is 13.5. The van der Waals surface area contributed by atoms with Gasteiger partial charge in [-0.2, -0.15) is 0 Å². The normalized spacial score (nSPS) is 20.6. The van der Waals surface area contributed by atoms with Gasteiger partial charge in [0.1, 0.15) is 5.82 Å². The van der Waals surface area contributed by atoms with Crippen LogP contribution in [-0.2, 0) is 19.4 Å². The monoisotopic (exact) mass is 287 g/mol. The SMILES string of the molecule is CCCc1nc(C2CCCCCCC2)nc2c1CNCC2. The van der Waals surface area contributed by atoms with E-state index in [1.165, 1.54) is 74.1 Å². The van der Waals surface area contributed by atoms with Crippen LogP contribution < -0.4 is 5.32 Å². The number of rotatable bonds is 3. The molecule has 116 valence electrons. The van der Waals surface area contributed by atoms with Gasteiger partial charge in [0.2, 0.25) is 0 Å². The van der Waals surface area contributed by atoms with E-state index >= 15 is 0 Å². The molecule has 3 nitrogen and oxygen atoms in total. The lowest BCUT2D eigenvalue weighted by Gasteiger charge is -2.24. The third-order valence-electron chi connectivity index (χ3n) is 4.99. The largest absolute Gasteiger partial charge is 0.312 e. The van der Waals surface area contributed by atoms with Gasteiger partial charge in [0.25, 0.3) is 0 Å². The molecular formula is C18H29N3. The van der Waals surface area contributed by atoms with Crippen LogP contribution in [0, 0.1) is 0 Å². The summed E-state index contributed by atoms with van der Waals surface area (Å²) < 4.78 is 0. The first kappa shape index (κ1) is 15.0. The molecule has 0 unspecified atom stereocenters. The fraction of sp³-hybridized carbons (Fsp3) is 0.778. The molecule has 1 aliphatic carbocycles. The van der Waals surface area contributed by atoms with Gasteiger partial charge in [0, 0.05) is 36.7 Å². The standard InChI is InChI=1S/C18H29N3/c1-2-8-16-15-13-19-12-11-17(15)21-18(20-16)14-9-6-4-3-5-7-10-14/h14,19H,2-13H2,1H3. The van der Waals surface area contributed by atoms with Gasteiger partial charge in [0.15, 0.2) is 0 Å². The number of hydrogen-bond acceptors (Lipinski definition) is 3. The minimum atomic E-state index is 0.612. The molecule has 1 N–H and O–H groups in total. The minimum absolute atomic E-state index is 0.612. The molecule has 0 radical (unpaired) electrons. The summed E-state index contributed by atoms with van der Waals surface area (Å²) in [5.41, 5.74) is 4.06. The van der Waals surface area contributed by atoms with E-state index < -0.39 is 0 Å². The zero-order valence-corrected chi connectivity index (χ0v) is 13.5. The quantitative estimate of drug-likeness (QED) is 0.916. The Bertz CT molecular complexity index is 462. The molecule has 1 aromatic rings. The average Bonchev–Trinajstić information content (AvgIpc) is 2.47. The van der Waals surface area contributed by atoms with Gasteiger partial charge < -0.3 is 5.32 Å². The Labute approximate surface area is 129 Å². The summed E-state index contributed by atoms with van der Waals surface area (Å²) >= 11 is 0. The summed E-state index contributed by atoms with van der Waals surface area (Å²) in [6, 6.07) is 0. The lowest BCUT2D eigenvalue weighted by molar-refractivity contribution is 0.438. The van der Waals surface area contributed by atoms with Gasteiger partial charge in [0.05, 0.1) is 5.69 Å².